The second-order valence-corrected chi connectivity index (χ2v) is 7.97. The molecule has 2 N–H and O–H groups in total. The number of hydrogen-bond donors (Lipinski definition) is 1. The van der Waals surface area contributed by atoms with E-state index in [9.17, 15) is 0 Å². The van der Waals surface area contributed by atoms with Crippen molar-refractivity contribution in [3.8, 4) is 16.4 Å². The van der Waals surface area contributed by atoms with Crippen molar-refractivity contribution >= 4 is 17.2 Å². The first-order valence-corrected chi connectivity index (χ1v) is 10.3. The Morgan fingerprint density at radius 1 is 1.13 bits per heavy atom. The lowest BCUT2D eigenvalue weighted by molar-refractivity contribution is 0.132. The Morgan fingerprint density at radius 2 is 1.93 bits per heavy atom. The maximum atomic E-state index is 6.07. The molecule has 0 bridgehead atoms. The van der Waals surface area contributed by atoms with Gasteiger partial charge in [-0.15, -0.1) is 11.3 Å². The third-order valence-electron chi connectivity index (χ3n) is 4.54. The van der Waals surface area contributed by atoms with Crippen LogP contribution in [0, 0.1) is 20.8 Å². The molecule has 0 fully saturated rings. The van der Waals surface area contributed by atoms with Crippen LogP contribution in [-0.2, 0) is 11.4 Å². The van der Waals surface area contributed by atoms with Gasteiger partial charge in [0.05, 0.1) is 16.3 Å². The molecule has 0 amide bonds. The SMILES string of the molecule is Cc1cc(C)n(-c2ccc(/C(N)=N/OCc3sc(-c4ccccc4)nc3C)cn2)n1. The molecule has 4 rings (SSSR count). The van der Waals surface area contributed by atoms with E-state index in [0.717, 1.165) is 38.3 Å². The van der Waals surface area contributed by atoms with Crippen molar-refractivity contribution in [3.05, 3.63) is 82.3 Å². The molecule has 7 nitrogen and oxygen atoms in total. The molecule has 0 aliphatic heterocycles. The molecule has 0 atom stereocenters. The number of amidine groups is 1. The van der Waals surface area contributed by atoms with Gasteiger partial charge >= 0.3 is 0 Å². The average Bonchev–Trinajstić information content (AvgIpc) is 3.30. The number of benzene rings is 1. The summed E-state index contributed by atoms with van der Waals surface area (Å²) in [4.78, 5) is 15.6. The van der Waals surface area contributed by atoms with Crippen molar-refractivity contribution in [1.82, 2.24) is 19.7 Å². The molecular weight excluding hydrogens is 396 g/mol. The Balaban J connectivity index is 1.42. The van der Waals surface area contributed by atoms with Gasteiger partial charge < -0.3 is 10.6 Å². The minimum atomic E-state index is 0.271. The van der Waals surface area contributed by atoms with Crippen LogP contribution in [-0.4, -0.2) is 25.6 Å². The predicted molar refractivity (Wildman–Crippen MR) is 119 cm³/mol. The van der Waals surface area contributed by atoms with Gasteiger partial charge in [-0.2, -0.15) is 5.10 Å². The second-order valence-electron chi connectivity index (χ2n) is 6.89. The maximum absolute atomic E-state index is 6.07. The van der Waals surface area contributed by atoms with E-state index in [1.54, 1.807) is 22.2 Å². The van der Waals surface area contributed by atoms with Crippen molar-refractivity contribution in [2.45, 2.75) is 27.4 Å². The second kappa shape index (κ2) is 8.46. The van der Waals surface area contributed by atoms with Gasteiger partial charge in [0.1, 0.15) is 5.01 Å². The number of rotatable bonds is 6. The zero-order chi connectivity index (χ0) is 21.1. The van der Waals surface area contributed by atoms with Crippen LogP contribution in [0.5, 0.6) is 0 Å². The van der Waals surface area contributed by atoms with Crippen LogP contribution in [0.4, 0.5) is 0 Å². The van der Waals surface area contributed by atoms with Crippen molar-refractivity contribution in [1.29, 1.82) is 0 Å². The minimum absolute atomic E-state index is 0.271. The zero-order valence-electron chi connectivity index (χ0n) is 17.0. The van der Waals surface area contributed by atoms with E-state index in [2.05, 4.69) is 20.2 Å². The molecule has 1 aromatic carbocycles. The molecule has 3 aromatic heterocycles. The van der Waals surface area contributed by atoms with E-state index in [4.69, 9.17) is 10.6 Å². The van der Waals surface area contributed by atoms with Gasteiger partial charge in [0, 0.05) is 23.0 Å². The van der Waals surface area contributed by atoms with Gasteiger partial charge in [-0.25, -0.2) is 14.6 Å². The van der Waals surface area contributed by atoms with Gasteiger partial charge in [-0.05, 0) is 39.0 Å². The summed E-state index contributed by atoms with van der Waals surface area (Å²) in [5.41, 5.74) is 10.7. The summed E-state index contributed by atoms with van der Waals surface area (Å²) in [6.45, 7) is 6.22. The van der Waals surface area contributed by atoms with Crippen LogP contribution < -0.4 is 5.73 Å². The highest BCUT2D eigenvalue weighted by Gasteiger charge is 2.10. The predicted octanol–water partition coefficient (Wildman–Crippen LogP) is 4.15. The Bertz CT molecular complexity index is 1180. The van der Waals surface area contributed by atoms with Crippen molar-refractivity contribution in [3.63, 3.8) is 0 Å². The average molecular weight is 419 g/mol. The number of oxime groups is 1. The normalized spacial score (nSPS) is 11.6. The summed E-state index contributed by atoms with van der Waals surface area (Å²) in [6, 6.07) is 15.8. The third kappa shape index (κ3) is 4.23. The fraction of sp³-hybridized carbons (Fsp3) is 0.182. The summed E-state index contributed by atoms with van der Waals surface area (Å²) in [5, 5.41) is 9.45. The number of nitrogens with two attached hydrogens (primary N) is 1. The molecule has 30 heavy (non-hydrogen) atoms. The lowest BCUT2D eigenvalue weighted by Crippen LogP contribution is -2.14. The summed E-state index contributed by atoms with van der Waals surface area (Å²) in [7, 11) is 0. The monoisotopic (exact) mass is 418 g/mol. The molecule has 0 spiro atoms. The minimum Gasteiger partial charge on any atom is -0.388 e. The Labute approximate surface area is 178 Å². The fourth-order valence-corrected chi connectivity index (χ4v) is 3.98. The molecule has 152 valence electrons. The molecule has 3 heterocycles. The third-order valence-corrected chi connectivity index (χ3v) is 5.72. The summed E-state index contributed by atoms with van der Waals surface area (Å²) < 4.78 is 1.79. The number of thiazole rings is 1. The molecule has 0 aliphatic rings. The quantitative estimate of drug-likeness (QED) is 0.288. The van der Waals surface area contributed by atoms with Crippen LogP contribution >= 0.6 is 11.3 Å². The van der Waals surface area contributed by atoms with Crippen molar-refractivity contribution < 1.29 is 4.84 Å². The standard InChI is InChI=1S/C22H22N6OS/c1-14-11-15(2)28(26-14)20-10-9-18(12-24-20)21(23)27-29-13-19-16(3)25-22(30-19)17-7-5-4-6-8-17/h4-12H,13H2,1-3H3,(H2,23,27). The first kappa shape index (κ1) is 19.8. The van der Waals surface area contributed by atoms with Crippen LogP contribution in [0.25, 0.3) is 16.4 Å². The number of nitrogens with zero attached hydrogens (tertiary/aromatic N) is 5. The first-order valence-electron chi connectivity index (χ1n) is 9.48. The number of aryl methyl sites for hydroxylation is 3. The molecule has 0 saturated heterocycles. The lowest BCUT2D eigenvalue weighted by Gasteiger charge is -2.05. The zero-order valence-corrected chi connectivity index (χ0v) is 17.8. The van der Waals surface area contributed by atoms with Crippen LogP contribution in [0.15, 0.2) is 59.9 Å². The number of pyridine rings is 1. The van der Waals surface area contributed by atoms with E-state index in [-0.39, 0.29) is 5.84 Å². The van der Waals surface area contributed by atoms with E-state index < -0.39 is 0 Å². The van der Waals surface area contributed by atoms with Gasteiger partial charge in [0.2, 0.25) is 0 Å². The van der Waals surface area contributed by atoms with Gasteiger partial charge in [-0.1, -0.05) is 35.5 Å². The summed E-state index contributed by atoms with van der Waals surface area (Å²) >= 11 is 1.59. The molecular formula is C22H22N6OS. The Kier molecular flexibility index (Phi) is 5.58. The molecule has 0 aliphatic carbocycles. The summed E-state index contributed by atoms with van der Waals surface area (Å²) in [6.07, 6.45) is 1.67. The van der Waals surface area contributed by atoms with Crippen LogP contribution in [0.1, 0.15) is 27.5 Å². The molecule has 0 unspecified atom stereocenters. The highest BCUT2D eigenvalue weighted by Crippen LogP contribution is 2.28. The number of aromatic nitrogens is 4. The molecule has 8 heteroatoms. The molecule has 0 radical (unpaired) electrons. The van der Waals surface area contributed by atoms with Crippen LogP contribution in [0.2, 0.25) is 0 Å². The van der Waals surface area contributed by atoms with Crippen molar-refractivity contribution in [2.75, 3.05) is 0 Å². The van der Waals surface area contributed by atoms with Crippen LogP contribution in [0.3, 0.4) is 0 Å². The number of hydrogen-bond acceptors (Lipinski definition) is 6. The highest BCUT2D eigenvalue weighted by molar-refractivity contribution is 7.15. The summed E-state index contributed by atoms with van der Waals surface area (Å²) in [5.74, 6) is 1.000. The van der Waals surface area contributed by atoms with Gasteiger partial charge in [-0.3, -0.25) is 0 Å². The fourth-order valence-electron chi connectivity index (χ4n) is 3.00. The van der Waals surface area contributed by atoms with Gasteiger partial charge in [0.25, 0.3) is 0 Å². The highest BCUT2D eigenvalue weighted by atomic mass is 32.1. The van der Waals surface area contributed by atoms with E-state index in [1.807, 2.05) is 69.3 Å². The maximum Gasteiger partial charge on any atom is 0.171 e. The molecule has 0 saturated carbocycles. The Hall–Kier alpha value is -3.52. The largest absolute Gasteiger partial charge is 0.388 e. The van der Waals surface area contributed by atoms with Crippen molar-refractivity contribution in [2.24, 2.45) is 10.9 Å². The topological polar surface area (TPSA) is 91.2 Å². The molecule has 4 aromatic rings. The lowest BCUT2D eigenvalue weighted by atomic mass is 10.2. The smallest absolute Gasteiger partial charge is 0.171 e. The first-order chi connectivity index (χ1) is 14.5. The van der Waals surface area contributed by atoms with E-state index in [0.29, 0.717) is 12.2 Å². The van der Waals surface area contributed by atoms with Gasteiger partial charge in [0.15, 0.2) is 18.3 Å². The Morgan fingerprint density at radius 3 is 2.60 bits per heavy atom. The van der Waals surface area contributed by atoms with E-state index in [1.165, 1.54) is 0 Å². The van der Waals surface area contributed by atoms with E-state index >= 15 is 0 Å².